The van der Waals surface area contributed by atoms with Gasteiger partial charge in [0.25, 0.3) is 0 Å². The second-order valence-electron chi connectivity index (χ2n) is 4.38. The van der Waals surface area contributed by atoms with Crippen molar-refractivity contribution >= 4 is 27.3 Å². The molecule has 0 aliphatic carbocycles. The lowest BCUT2D eigenvalue weighted by Gasteiger charge is -2.20. The van der Waals surface area contributed by atoms with Crippen molar-refractivity contribution in [2.75, 3.05) is 6.54 Å². The lowest BCUT2D eigenvalue weighted by molar-refractivity contribution is 0.399. The predicted molar refractivity (Wildman–Crippen MR) is 77.1 cm³/mol. The Labute approximate surface area is 112 Å². The van der Waals surface area contributed by atoms with Crippen LogP contribution in [0.5, 0.6) is 0 Å². The maximum atomic E-state index is 3.59. The number of hydrogen-bond acceptors (Lipinski definition) is 2. The Kier molecular flexibility index (Phi) is 6.62. The molecule has 0 spiro atoms. The van der Waals surface area contributed by atoms with Crippen LogP contribution < -0.4 is 5.32 Å². The minimum absolute atomic E-state index is 0.530. The zero-order chi connectivity index (χ0) is 12.0. The number of thiophene rings is 1. The highest BCUT2D eigenvalue weighted by Crippen LogP contribution is 2.31. The van der Waals surface area contributed by atoms with Gasteiger partial charge in [0, 0.05) is 10.9 Å². The first-order chi connectivity index (χ1) is 7.67. The molecular weight excluding hydrogens is 282 g/mol. The normalized spacial score (nSPS) is 15.0. The Bertz CT molecular complexity index is 298. The predicted octanol–water partition coefficient (Wildman–Crippen LogP) is 4.99. The number of hydrogen-bond donors (Lipinski definition) is 1. The lowest BCUT2D eigenvalue weighted by atomic mass is 9.96. The molecule has 0 amide bonds. The zero-order valence-corrected chi connectivity index (χ0v) is 12.8. The first-order valence-corrected chi connectivity index (χ1v) is 7.76. The van der Waals surface area contributed by atoms with E-state index >= 15 is 0 Å². The van der Waals surface area contributed by atoms with Crippen molar-refractivity contribution in [1.29, 1.82) is 0 Å². The molecule has 0 fully saturated rings. The average molecular weight is 304 g/mol. The molecule has 1 nitrogen and oxygen atoms in total. The third kappa shape index (κ3) is 4.56. The summed E-state index contributed by atoms with van der Waals surface area (Å²) in [5, 5.41) is 3.59. The summed E-state index contributed by atoms with van der Waals surface area (Å²) in [5.41, 5.74) is 0. The van der Waals surface area contributed by atoms with Gasteiger partial charge in [0.05, 0.1) is 3.79 Å². The molecule has 0 aromatic carbocycles. The summed E-state index contributed by atoms with van der Waals surface area (Å²) in [6.45, 7) is 7.84. The molecule has 2 unspecified atom stereocenters. The van der Waals surface area contributed by atoms with E-state index in [4.69, 9.17) is 0 Å². The largest absolute Gasteiger partial charge is 0.310 e. The van der Waals surface area contributed by atoms with E-state index in [9.17, 15) is 0 Å². The van der Waals surface area contributed by atoms with Gasteiger partial charge in [-0.05, 0) is 46.9 Å². The van der Waals surface area contributed by atoms with E-state index in [0.717, 1.165) is 12.5 Å². The fraction of sp³-hybridized carbons (Fsp3) is 0.692. The molecule has 2 atom stereocenters. The highest BCUT2D eigenvalue weighted by molar-refractivity contribution is 9.11. The van der Waals surface area contributed by atoms with Gasteiger partial charge in [0.1, 0.15) is 0 Å². The fourth-order valence-electron chi connectivity index (χ4n) is 2.08. The van der Waals surface area contributed by atoms with Gasteiger partial charge < -0.3 is 5.32 Å². The van der Waals surface area contributed by atoms with Crippen LogP contribution in [0.15, 0.2) is 15.9 Å². The first kappa shape index (κ1) is 14.2. The van der Waals surface area contributed by atoms with E-state index in [2.05, 4.69) is 54.2 Å². The summed E-state index contributed by atoms with van der Waals surface area (Å²) in [6.07, 6.45) is 3.86. The summed E-state index contributed by atoms with van der Waals surface area (Å²) in [4.78, 5) is 1.46. The van der Waals surface area contributed by atoms with E-state index < -0.39 is 0 Å². The molecule has 0 aliphatic heterocycles. The number of rotatable bonds is 7. The molecule has 1 rings (SSSR count). The van der Waals surface area contributed by atoms with Crippen LogP contribution in [-0.4, -0.2) is 6.54 Å². The van der Waals surface area contributed by atoms with Crippen LogP contribution in [0.2, 0.25) is 0 Å². The minimum atomic E-state index is 0.530. The van der Waals surface area contributed by atoms with Crippen molar-refractivity contribution in [3.05, 3.63) is 20.8 Å². The quantitative estimate of drug-likeness (QED) is 0.748. The van der Waals surface area contributed by atoms with Gasteiger partial charge in [-0.2, -0.15) is 0 Å². The van der Waals surface area contributed by atoms with Crippen LogP contribution in [0.4, 0.5) is 0 Å². The summed E-state index contributed by atoms with van der Waals surface area (Å²) in [7, 11) is 0. The molecule has 0 bridgehead atoms. The molecule has 1 aromatic heterocycles. The Morgan fingerprint density at radius 1 is 1.38 bits per heavy atom. The second-order valence-corrected chi connectivity index (χ2v) is 6.88. The van der Waals surface area contributed by atoms with Crippen molar-refractivity contribution in [1.82, 2.24) is 5.32 Å². The third-order valence-electron chi connectivity index (χ3n) is 2.81. The van der Waals surface area contributed by atoms with Crippen LogP contribution >= 0.6 is 27.3 Å². The van der Waals surface area contributed by atoms with E-state index in [1.165, 1.54) is 27.9 Å². The highest BCUT2D eigenvalue weighted by atomic mass is 79.9. The van der Waals surface area contributed by atoms with Crippen LogP contribution in [0.3, 0.4) is 0 Å². The molecule has 1 aromatic rings. The maximum absolute atomic E-state index is 3.59. The third-order valence-corrected chi connectivity index (χ3v) is 4.54. The Morgan fingerprint density at radius 2 is 2.12 bits per heavy atom. The monoisotopic (exact) mass is 303 g/mol. The number of halogens is 1. The summed E-state index contributed by atoms with van der Waals surface area (Å²) < 4.78 is 1.23. The van der Waals surface area contributed by atoms with Gasteiger partial charge in [-0.15, -0.1) is 11.3 Å². The Balaban J connectivity index is 2.60. The highest BCUT2D eigenvalue weighted by Gasteiger charge is 2.15. The van der Waals surface area contributed by atoms with Gasteiger partial charge in [0.15, 0.2) is 0 Å². The average Bonchev–Trinajstić information content (AvgIpc) is 2.64. The Hall–Kier alpha value is 0.140. The molecule has 92 valence electrons. The summed E-state index contributed by atoms with van der Waals surface area (Å²) in [5.74, 6) is 0.801. The van der Waals surface area contributed by atoms with Crippen molar-refractivity contribution in [3.63, 3.8) is 0 Å². The molecule has 16 heavy (non-hydrogen) atoms. The second kappa shape index (κ2) is 7.46. The van der Waals surface area contributed by atoms with Crippen molar-refractivity contribution in [3.8, 4) is 0 Å². The standard InChI is InChI=1S/C13H22BrNS/c1-4-6-10(3)9-11(15-5-2)12-7-8-13(14)16-12/h7-8,10-11,15H,4-6,9H2,1-3H3. The molecule has 0 aliphatic rings. The fourth-order valence-corrected chi connectivity index (χ4v) is 3.59. The smallest absolute Gasteiger partial charge is 0.0701 e. The van der Waals surface area contributed by atoms with E-state index in [0.29, 0.717) is 6.04 Å². The van der Waals surface area contributed by atoms with E-state index in [1.54, 1.807) is 0 Å². The molecular formula is C13H22BrNS. The summed E-state index contributed by atoms with van der Waals surface area (Å²) in [6, 6.07) is 4.91. The number of nitrogens with one attached hydrogen (secondary N) is 1. The van der Waals surface area contributed by atoms with Crippen molar-refractivity contribution in [2.24, 2.45) is 5.92 Å². The Morgan fingerprint density at radius 3 is 2.62 bits per heavy atom. The van der Waals surface area contributed by atoms with Crippen molar-refractivity contribution in [2.45, 2.75) is 46.1 Å². The van der Waals surface area contributed by atoms with Crippen LogP contribution in [0.25, 0.3) is 0 Å². The van der Waals surface area contributed by atoms with E-state index in [-0.39, 0.29) is 0 Å². The van der Waals surface area contributed by atoms with Crippen LogP contribution in [0.1, 0.15) is 51.0 Å². The van der Waals surface area contributed by atoms with Crippen LogP contribution in [-0.2, 0) is 0 Å². The molecule has 0 saturated heterocycles. The molecule has 1 heterocycles. The van der Waals surface area contributed by atoms with Crippen molar-refractivity contribution < 1.29 is 0 Å². The SMILES string of the molecule is CCCC(C)CC(NCC)c1ccc(Br)s1. The van der Waals surface area contributed by atoms with Gasteiger partial charge in [-0.25, -0.2) is 0 Å². The molecule has 1 N–H and O–H groups in total. The zero-order valence-electron chi connectivity index (χ0n) is 10.4. The topological polar surface area (TPSA) is 12.0 Å². The van der Waals surface area contributed by atoms with Gasteiger partial charge in [0.2, 0.25) is 0 Å². The molecule has 0 saturated carbocycles. The van der Waals surface area contributed by atoms with Gasteiger partial charge in [-0.1, -0.05) is 33.6 Å². The minimum Gasteiger partial charge on any atom is -0.310 e. The maximum Gasteiger partial charge on any atom is 0.0701 e. The van der Waals surface area contributed by atoms with Gasteiger partial charge >= 0.3 is 0 Å². The van der Waals surface area contributed by atoms with Crippen LogP contribution in [0, 0.1) is 5.92 Å². The van der Waals surface area contributed by atoms with E-state index in [1.807, 2.05) is 11.3 Å². The molecule has 3 heteroatoms. The first-order valence-electron chi connectivity index (χ1n) is 6.16. The lowest BCUT2D eigenvalue weighted by Crippen LogP contribution is -2.22. The summed E-state index contributed by atoms with van der Waals surface area (Å²) >= 11 is 5.39. The molecule has 0 radical (unpaired) electrons. The van der Waals surface area contributed by atoms with Gasteiger partial charge in [-0.3, -0.25) is 0 Å².